The van der Waals surface area contributed by atoms with Crippen molar-refractivity contribution in [2.45, 2.75) is 6.42 Å². The van der Waals surface area contributed by atoms with Crippen LogP contribution >= 0.6 is 0 Å². The highest BCUT2D eigenvalue weighted by Gasteiger charge is 2.03. The van der Waals surface area contributed by atoms with E-state index >= 15 is 0 Å². The van der Waals surface area contributed by atoms with Crippen LogP contribution < -0.4 is 0 Å². The summed E-state index contributed by atoms with van der Waals surface area (Å²) in [6.07, 6.45) is 0.422. The van der Waals surface area contributed by atoms with E-state index in [1.54, 1.807) is 7.11 Å². The number of nitrogens with zero attached hydrogens (tertiary/aromatic N) is 1. The fourth-order valence-electron chi connectivity index (χ4n) is 0.961. The molecule has 5 nitrogen and oxygen atoms in total. The van der Waals surface area contributed by atoms with Crippen LogP contribution in [0.3, 0.4) is 0 Å². The molecule has 0 heterocycles. The third kappa shape index (κ3) is 9.65. The largest absolute Gasteiger partial charge is 0.469 e. The van der Waals surface area contributed by atoms with Crippen LogP contribution in [-0.2, 0) is 19.0 Å². The van der Waals surface area contributed by atoms with Crippen LogP contribution in [-0.4, -0.2) is 65.0 Å². The van der Waals surface area contributed by atoms with Gasteiger partial charge in [0.15, 0.2) is 0 Å². The minimum absolute atomic E-state index is 0.179. The molecule has 0 aliphatic carbocycles. The van der Waals surface area contributed by atoms with Crippen LogP contribution in [0.25, 0.3) is 0 Å². The maximum absolute atomic E-state index is 10.8. The third-order valence-electron chi connectivity index (χ3n) is 1.97. The van der Waals surface area contributed by atoms with Gasteiger partial charge in [0.1, 0.15) is 0 Å². The van der Waals surface area contributed by atoms with Gasteiger partial charge in [-0.05, 0) is 7.05 Å². The molecule has 15 heavy (non-hydrogen) atoms. The summed E-state index contributed by atoms with van der Waals surface area (Å²) in [5.74, 6) is -0.179. The van der Waals surface area contributed by atoms with Crippen LogP contribution in [0.5, 0.6) is 0 Å². The first kappa shape index (κ1) is 14.3. The molecule has 0 atom stereocenters. The quantitative estimate of drug-likeness (QED) is 0.408. The van der Waals surface area contributed by atoms with E-state index < -0.39 is 0 Å². The molecule has 0 spiro atoms. The Bertz CT molecular complexity index is 164. The predicted molar refractivity (Wildman–Crippen MR) is 56.8 cm³/mol. The molecule has 5 heteroatoms. The van der Waals surface area contributed by atoms with Gasteiger partial charge >= 0.3 is 5.97 Å². The van der Waals surface area contributed by atoms with E-state index in [9.17, 15) is 4.79 Å². The Balaban J connectivity index is 3.25. The summed E-state index contributed by atoms with van der Waals surface area (Å²) in [7, 11) is 4.99. The van der Waals surface area contributed by atoms with Crippen LogP contribution in [0.4, 0.5) is 0 Å². The van der Waals surface area contributed by atoms with Gasteiger partial charge in [-0.25, -0.2) is 0 Å². The van der Waals surface area contributed by atoms with Gasteiger partial charge in [-0.2, -0.15) is 0 Å². The van der Waals surface area contributed by atoms with E-state index in [2.05, 4.69) is 4.74 Å². The Kier molecular flexibility index (Phi) is 9.46. The fourth-order valence-corrected chi connectivity index (χ4v) is 0.961. The van der Waals surface area contributed by atoms with Gasteiger partial charge in [-0.15, -0.1) is 0 Å². The molecule has 0 N–H and O–H groups in total. The zero-order valence-electron chi connectivity index (χ0n) is 9.82. The van der Waals surface area contributed by atoms with Crippen LogP contribution in [0.15, 0.2) is 0 Å². The molecule has 0 unspecified atom stereocenters. The number of esters is 1. The first-order valence-corrected chi connectivity index (χ1v) is 5.02. The maximum atomic E-state index is 10.8. The van der Waals surface area contributed by atoms with Crippen molar-refractivity contribution in [2.75, 3.05) is 54.2 Å². The zero-order chi connectivity index (χ0) is 11.5. The molecule has 0 rings (SSSR count). The number of methoxy groups -OCH3 is 2. The van der Waals surface area contributed by atoms with Crippen LogP contribution in [0.2, 0.25) is 0 Å². The molecular formula is C10H21NO4. The average molecular weight is 219 g/mol. The van der Waals surface area contributed by atoms with E-state index in [1.807, 2.05) is 11.9 Å². The lowest BCUT2D eigenvalue weighted by Gasteiger charge is -2.15. The first-order valence-electron chi connectivity index (χ1n) is 5.02. The standard InChI is InChI=1S/C10H21NO4/c1-11(5-4-10(12)14-3)6-7-15-9-8-13-2/h4-9H2,1-3H3. The fraction of sp³-hybridized carbons (Fsp3) is 0.900. The van der Waals surface area contributed by atoms with Gasteiger partial charge in [0.05, 0.1) is 33.4 Å². The lowest BCUT2D eigenvalue weighted by Crippen LogP contribution is -2.26. The molecule has 90 valence electrons. The highest BCUT2D eigenvalue weighted by atomic mass is 16.5. The number of ether oxygens (including phenoxy) is 3. The summed E-state index contributed by atoms with van der Waals surface area (Å²) in [6.45, 7) is 3.38. The monoisotopic (exact) mass is 219 g/mol. The molecule has 0 bridgehead atoms. The molecule has 0 aromatic carbocycles. The molecule has 0 aliphatic rings. The van der Waals surface area contributed by atoms with Gasteiger partial charge in [0.25, 0.3) is 0 Å². The van der Waals surface area contributed by atoms with Crippen molar-refractivity contribution in [3.63, 3.8) is 0 Å². The summed E-state index contributed by atoms with van der Waals surface area (Å²) in [5.41, 5.74) is 0. The number of rotatable bonds is 9. The van der Waals surface area contributed by atoms with E-state index in [0.29, 0.717) is 32.8 Å². The van der Waals surface area contributed by atoms with Crippen molar-refractivity contribution in [1.29, 1.82) is 0 Å². The number of hydrogen-bond acceptors (Lipinski definition) is 5. The second kappa shape index (κ2) is 9.89. The summed E-state index contributed by atoms with van der Waals surface area (Å²) >= 11 is 0. The Hall–Kier alpha value is -0.650. The SMILES string of the molecule is COCCOCCN(C)CCC(=O)OC. The first-order chi connectivity index (χ1) is 7.20. The average Bonchev–Trinajstić information content (AvgIpc) is 2.25. The zero-order valence-corrected chi connectivity index (χ0v) is 9.82. The molecule has 0 aliphatic heterocycles. The minimum atomic E-state index is -0.179. The van der Waals surface area contributed by atoms with Crippen molar-refractivity contribution in [3.8, 4) is 0 Å². The van der Waals surface area contributed by atoms with E-state index in [0.717, 1.165) is 6.54 Å². The lowest BCUT2D eigenvalue weighted by atomic mass is 10.4. The highest BCUT2D eigenvalue weighted by molar-refractivity contribution is 5.69. The van der Waals surface area contributed by atoms with Gasteiger partial charge < -0.3 is 19.1 Å². The predicted octanol–water partition coefficient (Wildman–Crippen LogP) is 0.144. The molecule has 0 aromatic heterocycles. The van der Waals surface area contributed by atoms with Gasteiger partial charge in [-0.3, -0.25) is 4.79 Å². The lowest BCUT2D eigenvalue weighted by molar-refractivity contribution is -0.140. The van der Waals surface area contributed by atoms with Gasteiger partial charge in [0.2, 0.25) is 0 Å². The van der Waals surface area contributed by atoms with Crippen molar-refractivity contribution in [1.82, 2.24) is 4.90 Å². The van der Waals surface area contributed by atoms with Gasteiger partial charge in [-0.1, -0.05) is 0 Å². The summed E-state index contributed by atoms with van der Waals surface area (Å²) in [6, 6.07) is 0. The van der Waals surface area contributed by atoms with Crippen molar-refractivity contribution in [3.05, 3.63) is 0 Å². The van der Waals surface area contributed by atoms with E-state index in [4.69, 9.17) is 9.47 Å². The second-order valence-electron chi connectivity index (χ2n) is 3.23. The molecule has 0 amide bonds. The number of likely N-dealkylation sites (N-methyl/N-ethyl adjacent to an activating group) is 1. The van der Waals surface area contributed by atoms with E-state index in [1.165, 1.54) is 7.11 Å². The topological polar surface area (TPSA) is 48.0 Å². The Morgan fingerprint density at radius 1 is 1.13 bits per heavy atom. The molecular weight excluding hydrogens is 198 g/mol. The molecule has 0 saturated heterocycles. The van der Waals surface area contributed by atoms with E-state index in [-0.39, 0.29) is 5.97 Å². The van der Waals surface area contributed by atoms with Crippen molar-refractivity contribution in [2.24, 2.45) is 0 Å². The molecule has 0 fully saturated rings. The summed E-state index contributed by atoms with van der Waals surface area (Å²) < 4.78 is 14.7. The number of hydrogen-bond donors (Lipinski definition) is 0. The summed E-state index contributed by atoms with van der Waals surface area (Å²) in [5, 5.41) is 0. The Morgan fingerprint density at radius 2 is 1.87 bits per heavy atom. The highest BCUT2D eigenvalue weighted by Crippen LogP contribution is 1.90. The number of carbonyl (C=O) groups excluding carboxylic acids is 1. The maximum Gasteiger partial charge on any atom is 0.306 e. The summed E-state index contributed by atoms with van der Waals surface area (Å²) in [4.78, 5) is 12.9. The molecule has 0 radical (unpaired) electrons. The third-order valence-corrected chi connectivity index (χ3v) is 1.97. The van der Waals surface area contributed by atoms with Crippen molar-refractivity contribution >= 4 is 5.97 Å². The normalized spacial score (nSPS) is 10.7. The number of carbonyl (C=O) groups is 1. The second-order valence-corrected chi connectivity index (χ2v) is 3.23. The Morgan fingerprint density at radius 3 is 2.47 bits per heavy atom. The smallest absolute Gasteiger partial charge is 0.306 e. The van der Waals surface area contributed by atoms with Gasteiger partial charge in [0, 0.05) is 20.2 Å². The minimum Gasteiger partial charge on any atom is -0.469 e. The van der Waals surface area contributed by atoms with Crippen molar-refractivity contribution < 1.29 is 19.0 Å². The molecule has 0 aromatic rings. The van der Waals surface area contributed by atoms with Crippen LogP contribution in [0, 0.1) is 0 Å². The van der Waals surface area contributed by atoms with Crippen LogP contribution in [0.1, 0.15) is 6.42 Å². The Labute approximate surface area is 91.3 Å². The molecule has 0 saturated carbocycles.